The van der Waals surface area contributed by atoms with Gasteiger partial charge in [-0.3, -0.25) is 0 Å². The summed E-state index contributed by atoms with van der Waals surface area (Å²) in [5, 5.41) is 0. The summed E-state index contributed by atoms with van der Waals surface area (Å²) in [7, 11) is -3.36. The second-order valence-electron chi connectivity index (χ2n) is 5.30. The van der Waals surface area contributed by atoms with Crippen molar-refractivity contribution < 1.29 is 17.5 Å². The lowest BCUT2D eigenvalue weighted by atomic mass is 10.2. The Labute approximate surface area is 136 Å². The molecule has 0 bridgehead atoms. The van der Waals surface area contributed by atoms with Gasteiger partial charge in [-0.1, -0.05) is 29.8 Å². The largest absolute Gasteiger partial charge is 0.494 e. The van der Waals surface area contributed by atoms with E-state index in [9.17, 15) is 12.8 Å². The second-order valence-corrected chi connectivity index (χ2v) is 7.11. The van der Waals surface area contributed by atoms with Crippen molar-refractivity contribution in [2.75, 3.05) is 13.2 Å². The van der Waals surface area contributed by atoms with E-state index < -0.39 is 10.0 Å². The Morgan fingerprint density at radius 1 is 1.13 bits per heavy atom. The van der Waals surface area contributed by atoms with E-state index in [0.29, 0.717) is 25.3 Å². The normalized spacial score (nSPS) is 11.4. The maximum absolute atomic E-state index is 12.7. The molecule has 4 nitrogen and oxygen atoms in total. The second kappa shape index (κ2) is 8.08. The number of aryl methyl sites for hydroxylation is 1. The predicted octanol–water partition coefficient (Wildman–Crippen LogP) is 3.02. The standard InChI is InChI=1S/C17H20FNO3S/c1-14-4-2-5-15(12-14)13-23(20,21)19-10-3-11-22-17-8-6-16(18)7-9-17/h2,4-9,12,19H,3,10-11,13H2,1H3. The Balaban J connectivity index is 1.71. The first-order valence-electron chi connectivity index (χ1n) is 7.36. The molecule has 0 aliphatic carbocycles. The zero-order valence-electron chi connectivity index (χ0n) is 13.0. The van der Waals surface area contributed by atoms with Crippen LogP contribution in [0.15, 0.2) is 48.5 Å². The molecule has 0 amide bonds. The summed E-state index contributed by atoms with van der Waals surface area (Å²) in [4.78, 5) is 0. The van der Waals surface area contributed by atoms with Gasteiger partial charge < -0.3 is 4.74 Å². The highest BCUT2D eigenvalue weighted by Gasteiger charge is 2.10. The molecule has 0 unspecified atom stereocenters. The summed E-state index contributed by atoms with van der Waals surface area (Å²) in [6.45, 7) is 2.59. The van der Waals surface area contributed by atoms with Crippen molar-refractivity contribution in [3.63, 3.8) is 0 Å². The quantitative estimate of drug-likeness (QED) is 0.753. The average Bonchev–Trinajstić information content (AvgIpc) is 2.48. The number of hydrogen-bond donors (Lipinski definition) is 1. The van der Waals surface area contributed by atoms with Gasteiger partial charge in [0.15, 0.2) is 0 Å². The van der Waals surface area contributed by atoms with Crippen LogP contribution < -0.4 is 9.46 Å². The van der Waals surface area contributed by atoms with E-state index in [1.165, 1.54) is 24.3 Å². The van der Waals surface area contributed by atoms with E-state index in [1.807, 2.05) is 25.1 Å². The van der Waals surface area contributed by atoms with Crippen LogP contribution in [0.3, 0.4) is 0 Å². The van der Waals surface area contributed by atoms with Crippen LogP contribution in [0, 0.1) is 12.7 Å². The first-order chi connectivity index (χ1) is 10.9. The molecular weight excluding hydrogens is 317 g/mol. The third-order valence-corrected chi connectivity index (χ3v) is 4.52. The molecule has 0 heterocycles. The molecule has 2 aromatic carbocycles. The van der Waals surface area contributed by atoms with Crippen LogP contribution in [0.2, 0.25) is 0 Å². The topological polar surface area (TPSA) is 55.4 Å². The molecule has 2 rings (SSSR count). The van der Waals surface area contributed by atoms with Crippen LogP contribution >= 0.6 is 0 Å². The van der Waals surface area contributed by atoms with Crippen molar-refractivity contribution in [2.24, 2.45) is 0 Å². The first kappa shape index (κ1) is 17.4. The van der Waals surface area contributed by atoms with Crippen molar-refractivity contribution in [2.45, 2.75) is 19.1 Å². The van der Waals surface area contributed by atoms with Gasteiger partial charge in [-0.15, -0.1) is 0 Å². The molecule has 23 heavy (non-hydrogen) atoms. The fraction of sp³-hybridized carbons (Fsp3) is 0.294. The first-order valence-corrected chi connectivity index (χ1v) is 9.01. The zero-order valence-corrected chi connectivity index (χ0v) is 13.8. The van der Waals surface area contributed by atoms with Crippen molar-refractivity contribution in [1.82, 2.24) is 4.72 Å². The monoisotopic (exact) mass is 337 g/mol. The molecule has 0 saturated carbocycles. The fourth-order valence-corrected chi connectivity index (χ4v) is 3.27. The Morgan fingerprint density at radius 3 is 2.57 bits per heavy atom. The SMILES string of the molecule is Cc1cccc(CS(=O)(=O)NCCCOc2ccc(F)cc2)c1. The molecule has 0 aliphatic rings. The lowest BCUT2D eigenvalue weighted by molar-refractivity contribution is 0.311. The van der Waals surface area contributed by atoms with Gasteiger partial charge in [0, 0.05) is 6.54 Å². The van der Waals surface area contributed by atoms with Crippen molar-refractivity contribution in [3.05, 3.63) is 65.5 Å². The highest BCUT2D eigenvalue weighted by molar-refractivity contribution is 7.88. The molecule has 0 atom stereocenters. The van der Waals surface area contributed by atoms with Crippen molar-refractivity contribution >= 4 is 10.0 Å². The van der Waals surface area contributed by atoms with Crippen molar-refractivity contribution in [1.29, 1.82) is 0 Å². The minimum absolute atomic E-state index is 0.0342. The van der Waals surface area contributed by atoms with Crippen LogP contribution in [0.25, 0.3) is 0 Å². The van der Waals surface area contributed by atoms with Crippen LogP contribution in [-0.4, -0.2) is 21.6 Å². The van der Waals surface area contributed by atoms with Gasteiger partial charge >= 0.3 is 0 Å². The highest BCUT2D eigenvalue weighted by Crippen LogP contribution is 2.11. The summed E-state index contributed by atoms with van der Waals surface area (Å²) >= 11 is 0. The smallest absolute Gasteiger partial charge is 0.215 e. The molecule has 0 fully saturated rings. The lowest BCUT2D eigenvalue weighted by Crippen LogP contribution is -2.27. The molecular formula is C17H20FNO3S. The Kier molecular flexibility index (Phi) is 6.12. The molecule has 6 heteroatoms. The van der Waals surface area contributed by atoms with E-state index in [1.54, 1.807) is 6.07 Å². The van der Waals surface area contributed by atoms with Gasteiger partial charge in [0.1, 0.15) is 11.6 Å². The van der Waals surface area contributed by atoms with Gasteiger partial charge in [-0.25, -0.2) is 17.5 Å². The van der Waals surface area contributed by atoms with E-state index >= 15 is 0 Å². The molecule has 0 aromatic heterocycles. The van der Waals surface area contributed by atoms with E-state index in [-0.39, 0.29) is 11.6 Å². The fourth-order valence-electron chi connectivity index (χ4n) is 2.09. The number of hydrogen-bond acceptors (Lipinski definition) is 3. The summed E-state index contributed by atoms with van der Waals surface area (Å²) in [5.74, 6) is 0.211. The maximum Gasteiger partial charge on any atom is 0.215 e. The lowest BCUT2D eigenvalue weighted by Gasteiger charge is -2.08. The Morgan fingerprint density at radius 2 is 1.87 bits per heavy atom. The highest BCUT2D eigenvalue weighted by atomic mass is 32.2. The Hall–Kier alpha value is -1.92. The number of halogens is 1. The van der Waals surface area contributed by atoms with E-state index in [4.69, 9.17) is 4.74 Å². The molecule has 2 aromatic rings. The summed E-state index contributed by atoms with van der Waals surface area (Å²) in [6, 6.07) is 13.1. The number of sulfonamides is 1. The van der Waals surface area contributed by atoms with Crippen LogP contribution in [0.1, 0.15) is 17.5 Å². The molecule has 1 N–H and O–H groups in total. The van der Waals surface area contributed by atoms with Crippen LogP contribution in [0.4, 0.5) is 4.39 Å². The van der Waals surface area contributed by atoms with Crippen LogP contribution in [0.5, 0.6) is 5.75 Å². The van der Waals surface area contributed by atoms with Gasteiger partial charge in [0.25, 0.3) is 0 Å². The minimum atomic E-state index is -3.36. The number of ether oxygens (including phenoxy) is 1. The number of nitrogens with one attached hydrogen (secondary N) is 1. The zero-order chi connectivity index (χ0) is 16.7. The van der Waals surface area contributed by atoms with Gasteiger partial charge in [-0.05, 0) is 43.2 Å². The molecule has 0 spiro atoms. The minimum Gasteiger partial charge on any atom is -0.494 e. The summed E-state index contributed by atoms with van der Waals surface area (Å²) < 4.78 is 44.7. The Bertz CT molecular complexity index is 730. The molecule has 0 radical (unpaired) electrons. The average molecular weight is 337 g/mol. The maximum atomic E-state index is 12.7. The van der Waals surface area contributed by atoms with Gasteiger partial charge in [0.2, 0.25) is 10.0 Å². The molecule has 0 saturated heterocycles. The number of rotatable bonds is 8. The summed E-state index contributed by atoms with van der Waals surface area (Å²) in [6.07, 6.45) is 0.532. The van der Waals surface area contributed by atoms with Crippen molar-refractivity contribution in [3.8, 4) is 5.75 Å². The summed E-state index contributed by atoms with van der Waals surface area (Å²) in [5.41, 5.74) is 1.80. The van der Waals surface area contributed by atoms with Gasteiger partial charge in [0.05, 0.1) is 12.4 Å². The molecule has 0 aliphatic heterocycles. The van der Waals surface area contributed by atoms with E-state index in [0.717, 1.165) is 11.1 Å². The predicted molar refractivity (Wildman–Crippen MR) is 88.3 cm³/mol. The van der Waals surface area contributed by atoms with Crippen LogP contribution in [-0.2, 0) is 15.8 Å². The third kappa shape index (κ3) is 6.38. The van der Waals surface area contributed by atoms with Gasteiger partial charge in [-0.2, -0.15) is 0 Å². The molecule has 124 valence electrons. The van der Waals surface area contributed by atoms with E-state index in [2.05, 4.69) is 4.72 Å². The number of benzene rings is 2. The third-order valence-electron chi connectivity index (χ3n) is 3.16.